The van der Waals surface area contributed by atoms with E-state index in [1.54, 1.807) is 0 Å². The third-order valence-corrected chi connectivity index (χ3v) is 3.51. The van der Waals surface area contributed by atoms with Crippen LogP contribution in [0.15, 0.2) is 30.3 Å². The Bertz CT molecular complexity index is 394. The van der Waals surface area contributed by atoms with Crippen molar-refractivity contribution in [1.29, 1.82) is 0 Å². The van der Waals surface area contributed by atoms with Gasteiger partial charge in [-0.15, -0.1) is 0 Å². The molecule has 1 aliphatic rings. The Hall–Kier alpha value is -1.23. The highest BCUT2D eigenvalue weighted by molar-refractivity contribution is 5.95. The summed E-state index contributed by atoms with van der Waals surface area (Å²) in [5, 5.41) is 9.26. The molecule has 104 valence electrons. The molecule has 1 unspecified atom stereocenters. The number of carbonyl (C=O) groups is 1. The summed E-state index contributed by atoms with van der Waals surface area (Å²) in [6, 6.07) is 9.48. The van der Waals surface area contributed by atoms with Crippen LogP contribution in [0, 0.1) is 0 Å². The van der Waals surface area contributed by atoms with E-state index in [4.69, 9.17) is 4.74 Å². The van der Waals surface area contributed by atoms with E-state index in [2.05, 4.69) is 4.90 Å². The molecule has 19 heavy (non-hydrogen) atoms. The summed E-state index contributed by atoms with van der Waals surface area (Å²) >= 11 is 0. The van der Waals surface area contributed by atoms with Gasteiger partial charge in [-0.2, -0.15) is 0 Å². The fraction of sp³-hybridized carbons (Fsp3) is 0.533. The summed E-state index contributed by atoms with van der Waals surface area (Å²) in [6.45, 7) is 3.09. The van der Waals surface area contributed by atoms with Crippen LogP contribution in [0.4, 0.5) is 0 Å². The lowest BCUT2D eigenvalue weighted by atomic mass is 10.1. The number of ketones is 1. The van der Waals surface area contributed by atoms with Gasteiger partial charge in [0.1, 0.15) is 0 Å². The molecule has 2 rings (SSSR count). The zero-order valence-corrected chi connectivity index (χ0v) is 11.1. The third-order valence-electron chi connectivity index (χ3n) is 3.51. The molecule has 1 heterocycles. The van der Waals surface area contributed by atoms with Crippen LogP contribution in [-0.4, -0.2) is 54.7 Å². The van der Waals surface area contributed by atoms with Crippen LogP contribution < -0.4 is 0 Å². The normalized spacial score (nSPS) is 20.4. The molecule has 1 aromatic carbocycles. The summed E-state index contributed by atoms with van der Waals surface area (Å²) < 4.78 is 5.33. The number of aliphatic hydroxyl groups is 1. The molecular formula is C15H21NO3. The van der Waals surface area contributed by atoms with Crippen molar-refractivity contribution >= 4 is 5.78 Å². The average molecular weight is 263 g/mol. The number of Topliss-reactive ketones (excluding diaryl/α,β-unsaturated/α-hetero) is 1. The zero-order chi connectivity index (χ0) is 13.5. The van der Waals surface area contributed by atoms with Crippen LogP contribution >= 0.6 is 0 Å². The number of hydrogen-bond acceptors (Lipinski definition) is 4. The van der Waals surface area contributed by atoms with Crippen LogP contribution in [0.2, 0.25) is 0 Å². The number of aliphatic hydroxyl groups excluding tert-OH is 1. The van der Waals surface area contributed by atoms with E-state index >= 15 is 0 Å². The first-order valence-corrected chi connectivity index (χ1v) is 6.82. The van der Waals surface area contributed by atoms with E-state index in [0.717, 1.165) is 25.1 Å². The molecule has 0 amide bonds. The quantitative estimate of drug-likeness (QED) is 0.787. The second kappa shape index (κ2) is 7.38. The molecule has 1 atom stereocenters. The van der Waals surface area contributed by atoms with Crippen LogP contribution in [0.1, 0.15) is 23.2 Å². The fourth-order valence-electron chi connectivity index (χ4n) is 2.36. The molecule has 4 heteroatoms. The van der Waals surface area contributed by atoms with Crippen molar-refractivity contribution in [1.82, 2.24) is 4.90 Å². The second-order valence-corrected chi connectivity index (χ2v) is 4.84. The van der Waals surface area contributed by atoms with Crippen molar-refractivity contribution in [2.45, 2.75) is 18.9 Å². The smallest absolute Gasteiger partial charge is 0.162 e. The van der Waals surface area contributed by atoms with Gasteiger partial charge in [-0.3, -0.25) is 9.69 Å². The summed E-state index contributed by atoms with van der Waals surface area (Å²) in [5.74, 6) is 0.189. The van der Waals surface area contributed by atoms with Crippen LogP contribution in [0.3, 0.4) is 0 Å². The Morgan fingerprint density at radius 2 is 2.16 bits per heavy atom. The van der Waals surface area contributed by atoms with E-state index in [0.29, 0.717) is 19.6 Å². The predicted octanol–water partition coefficient (Wildman–Crippen LogP) is 1.34. The molecule has 4 nitrogen and oxygen atoms in total. The van der Waals surface area contributed by atoms with E-state index in [-0.39, 0.29) is 18.4 Å². The Kier molecular flexibility index (Phi) is 5.51. The van der Waals surface area contributed by atoms with Crippen molar-refractivity contribution in [2.24, 2.45) is 0 Å². The van der Waals surface area contributed by atoms with Crippen LogP contribution in [-0.2, 0) is 4.74 Å². The molecule has 1 aliphatic heterocycles. The maximum Gasteiger partial charge on any atom is 0.162 e. The Balaban J connectivity index is 1.75. The molecule has 0 spiro atoms. The lowest BCUT2D eigenvalue weighted by Crippen LogP contribution is -2.47. The van der Waals surface area contributed by atoms with Gasteiger partial charge in [0, 0.05) is 18.5 Å². The van der Waals surface area contributed by atoms with Crippen LogP contribution in [0.5, 0.6) is 0 Å². The number of hydrogen-bond donors (Lipinski definition) is 1. The van der Waals surface area contributed by atoms with Gasteiger partial charge in [-0.05, 0) is 13.0 Å². The number of rotatable bonds is 6. The number of morpholine rings is 1. The fourth-order valence-corrected chi connectivity index (χ4v) is 2.36. The van der Waals surface area contributed by atoms with Crippen molar-refractivity contribution in [2.75, 3.05) is 32.9 Å². The Morgan fingerprint density at radius 3 is 2.89 bits per heavy atom. The molecule has 1 saturated heterocycles. The van der Waals surface area contributed by atoms with Crippen molar-refractivity contribution in [3.8, 4) is 0 Å². The van der Waals surface area contributed by atoms with Crippen molar-refractivity contribution in [3.63, 3.8) is 0 Å². The van der Waals surface area contributed by atoms with E-state index in [1.165, 1.54) is 0 Å². The van der Waals surface area contributed by atoms with Crippen molar-refractivity contribution in [3.05, 3.63) is 35.9 Å². The maximum absolute atomic E-state index is 11.9. The summed E-state index contributed by atoms with van der Waals surface area (Å²) in [4.78, 5) is 14.2. The molecule has 0 saturated carbocycles. The summed E-state index contributed by atoms with van der Waals surface area (Å²) in [7, 11) is 0. The maximum atomic E-state index is 11.9. The van der Waals surface area contributed by atoms with Gasteiger partial charge in [0.25, 0.3) is 0 Å². The molecule has 1 aromatic rings. The average Bonchev–Trinajstić information content (AvgIpc) is 2.48. The first-order chi connectivity index (χ1) is 9.31. The second-order valence-electron chi connectivity index (χ2n) is 4.84. The van der Waals surface area contributed by atoms with Gasteiger partial charge in [-0.1, -0.05) is 30.3 Å². The number of carbonyl (C=O) groups excluding carboxylic acids is 1. The first-order valence-electron chi connectivity index (χ1n) is 6.82. The minimum atomic E-state index is 0.0839. The van der Waals surface area contributed by atoms with Crippen LogP contribution in [0.25, 0.3) is 0 Å². The highest BCUT2D eigenvalue weighted by atomic mass is 16.5. The molecule has 0 aliphatic carbocycles. The van der Waals surface area contributed by atoms with Gasteiger partial charge in [0.05, 0.1) is 25.9 Å². The van der Waals surface area contributed by atoms with Gasteiger partial charge in [0.2, 0.25) is 0 Å². The number of ether oxygens (including phenoxy) is 1. The monoisotopic (exact) mass is 263 g/mol. The van der Waals surface area contributed by atoms with Gasteiger partial charge in [0.15, 0.2) is 5.78 Å². The van der Waals surface area contributed by atoms with E-state index in [9.17, 15) is 9.90 Å². The van der Waals surface area contributed by atoms with E-state index in [1.807, 2.05) is 30.3 Å². The van der Waals surface area contributed by atoms with E-state index < -0.39 is 0 Å². The topological polar surface area (TPSA) is 49.8 Å². The molecular weight excluding hydrogens is 242 g/mol. The zero-order valence-electron chi connectivity index (χ0n) is 11.1. The minimum absolute atomic E-state index is 0.0839. The largest absolute Gasteiger partial charge is 0.395 e. The highest BCUT2D eigenvalue weighted by Crippen LogP contribution is 2.10. The SMILES string of the molecule is O=C(CCCN1CCOCC1CO)c1ccccc1. The molecule has 0 aromatic heterocycles. The third kappa shape index (κ3) is 4.13. The molecule has 0 radical (unpaired) electrons. The van der Waals surface area contributed by atoms with Gasteiger partial charge in [-0.25, -0.2) is 0 Å². The Morgan fingerprint density at radius 1 is 1.37 bits per heavy atom. The molecule has 0 bridgehead atoms. The first kappa shape index (κ1) is 14.2. The number of benzene rings is 1. The highest BCUT2D eigenvalue weighted by Gasteiger charge is 2.21. The lowest BCUT2D eigenvalue weighted by Gasteiger charge is -2.34. The predicted molar refractivity (Wildman–Crippen MR) is 73.3 cm³/mol. The summed E-state index contributed by atoms with van der Waals surface area (Å²) in [5.41, 5.74) is 0.781. The van der Waals surface area contributed by atoms with Gasteiger partial charge < -0.3 is 9.84 Å². The Labute approximate surface area is 114 Å². The minimum Gasteiger partial charge on any atom is -0.395 e. The number of nitrogens with zero attached hydrogens (tertiary/aromatic N) is 1. The van der Waals surface area contributed by atoms with Gasteiger partial charge >= 0.3 is 0 Å². The standard InChI is InChI=1S/C15H21NO3/c17-11-14-12-19-10-9-16(14)8-4-7-15(18)13-5-2-1-3-6-13/h1-3,5-6,14,17H,4,7-12H2. The summed E-state index contributed by atoms with van der Waals surface area (Å²) in [6.07, 6.45) is 1.38. The van der Waals surface area contributed by atoms with Crippen molar-refractivity contribution < 1.29 is 14.6 Å². The molecule has 1 N–H and O–H groups in total. The lowest BCUT2D eigenvalue weighted by molar-refractivity contribution is -0.0276. The molecule has 1 fully saturated rings.